The van der Waals surface area contributed by atoms with Gasteiger partial charge in [-0.1, -0.05) is 30.3 Å². The molecule has 0 aliphatic carbocycles. The highest BCUT2D eigenvalue weighted by atomic mass is 127. The van der Waals surface area contributed by atoms with E-state index in [4.69, 9.17) is 9.73 Å². The molecular weight excluding hydrogens is 510 g/mol. The number of ether oxygens (including phenoxy) is 1. The Labute approximate surface area is 201 Å². The van der Waals surface area contributed by atoms with Crippen molar-refractivity contribution in [3.05, 3.63) is 65.0 Å². The van der Waals surface area contributed by atoms with Gasteiger partial charge in [0.25, 0.3) is 0 Å². The number of guanidine groups is 1. The Morgan fingerprint density at radius 2 is 1.84 bits per heavy atom. The van der Waals surface area contributed by atoms with Crippen molar-refractivity contribution in [2.75, 3.05) is 39.8 Å². The Bertz CT molecular complexity index is 857. The first-order chi connectivity index (χ1) is 14.6. The van der Waals surface area contributed by atoms with Crippen LogP contribution in [-0.2, 0) is 19.7 Å². The molecule has 0 saturated carbocycles. The Hall–Kier alpha value is -1.91. The number of nitrogens with zero attached hydrogens (tertiary/aromatic N) is 3. The first-order valence-electron chi connectivity index (χ1n) is 10.4. The third-order valence-corrected chi connectivity index (χ3v) is 5.32. The van der Waals surface area contributed by atoms with Crippen LogP contribution in [0.25, 0.3) is 0 Å². The molecule has 1 aliphatic heterocycles. The van der Waals surface area contributed by atoms with E-state index in [9.17, 15) is 9.50 Å². The number of aliphatic hydroxyl groups excluding tert-OH is 1. The maximum Gasteiger partial charge on any atom is 0.194 e. The van der Waals surface area contributed by atoms with Gasteiger partial charge in [0.05, 0.1) is 20.3 Å². The van der Waals surface area contributed by atoms with Crippen molar-refractivity contribution in [2.45, 2.75) is 26.6 Å². The van der Waals surface area contributed by atoms with Crippen LogP contribution in [0.15, 0.2) is 47.5 Å². The topological polar surface area (TPSA) is 60.3 Å². The summed E-state index contributed by atoms with van der Waals surface area (Å²) in [5.74, 6) is 0.844. The van der Waals surface area contributed by atoms with E-state index >= 15 is 0 Å². The van der Waals surface area contributed by atoms with Gasteiger partial charge >= 0.3 is 0 Å². The zero-order valence-corrected chi connectivity index (χ0v) is 20.5. The van der Waals surface area contributed by atoms with Crippen LogP contribution in [0.1, 0.15) is 23.6 Å². The fourth-order valence-electron chi connectivity index (χ4n) is 3.64. The van der Waals surface area contributed by atoms with Crippen molar-refractivity contribution < 1.29 is 14.2 Å². The average molecular weight is 542 g/mol. The van der Waals surface area contributed by atoms with Crippen molar-refractivity contribution in [3.8, 4) is 5.75 Å². The lowest BCUT2D eigenvalue weighted by atomic mass is 10.1. The predicted octanol–water partition coefficient (Wildman–Crippen LogP) is 3.23. The minimum Gasteiger partial charge on any atom is -0.494 e. The van der Waals surface area contributed by atoms with E-state index in [-0.39, 0.29) is 42.2 Å². The molecule has 0 atom stereocenters. The summed E-state index contributed by atoms with van der Waals surface area (Å²) >= 11 is 0. The van der Waals surface area contributed by atoms with Gasteiger partial charge in [-0.2, -0.15) is 0 Å². The minimum absolute atomic E-state index is 0. The number of aliphatic imine (C=N–C) groups is 1. The predicted molar refractivity (Wildman–Crippen MR) is 132 cm³/mol. The summed E-state index contributed by atoms with van der Waals surface area (Å²) in [6.07, 6.45) is 0. The second kappa shape index (κ2) is 12.8. The highest BCUT2D eigenvalue weighted by Crippen LogP contribution is 2.19. The van der Waals surface area contributed by atoms with E-state index in [0.29, 0.717) is 13.1 Å². The number of halogens is 2. The Kier molecular flexibility index (Phi) is 10.5. The van der Waals surface area contributed by atoms with Gasteiger partial charge in [0, 0.05) is 39.3 Å². The number of hydrogen-bond donors (Lipinski definition) is 2. The fourth-order valence-corrected chi connectivity index (χ4v) is 3.64. The highest BCUT2D eigenvalue weighted by Gasteiger charge is 2.20. The van der Waals surface area contributed by atoms with Crippen molar-refractivity contribution in [1.82, 2.24) is 15.1 Å². The number of piperazine rings is 1. The van der Waals surface area contributed by atoms with Crippen molar-refractivity contribution in [2.24, 2.45) is 4.99 Å². The van der Waals surface area contributed by atoms with Crippen LogP contribution in [0.2, 0.25) is 0 Å². The summed E-state index contributed by atoms with van der Waals surface area (Å²) < 4.78 is 18.9. The third-order valence-electron chi connectivity index (χ3n) is 5.32. The molecule has 1 saturated heterocycles. The fraction of sp³-hybridized carbons (Fsp3) is 0.435. The van der Waals surface area contributed by atoms with Gasteiger partial charge in [0.1, 0.15) is 0 Å². The molecule has 1 fully saturated rings. The average Bonchev–Trinajstić information content (AvgIpc) is 2.77. The summed E-state index contributed by atoms with van der Waals surface area (Å²) in [4.78, 5) is 9.38. The molecule has 2 aromatic carbocycles. The van der Waals surface area contributed by atoms with E-state index < -0.39 is 0 Å². The van der Waals surface area contributed by atoms with Gasteiger partial charge in [-0.15, -0.1) is 24.0 Å². The number of methoxy groups -OCH3 is 1. The lowest BCUT2D eigenvalue weighted by Crippen LogP contribution is -2.52. The zero-order valence-electron chi connectivity index (χ0n) is 18.2. The molecule has 0 spiro atoms. The lowest BCUT2D eigenvalue weighted by molar-refractivity contribution is 0.172. The number of rotatable bonds is 7. The van der Waals surface area contributed by atoms with E-state index in [1.54, 1.807) is 12.1 Å². The monoisotopic (exact) mass is 542 g/mol. The van der Waals surface area contributed by atoms with E-state index in [0.717, 1.165) is 55.4 Å². The molecular formula is C23H32FIN4O2. The van der Waals surface area contributed by atoms with Gasteiger partial charge in [-0.25, -0.2) is 9.38 Å². The molecule has 0 radical (unpaired) electrons. The summed E-state index contributed by atoms with van der Waals surface area (Å²) in [6.45, 7) is 7.59. The van der Waals surface area contributed by atoms with Gasteiger partial charge in [0.15, 0.2) is 17.5 Å². The van der Waals surface area contributed by atoms with Crippen LogP contribution in [0.4, 0.5) is 4.39 Å². The second-order valence-electron chi connectivity index (χ2n) is 7.33. The largest absolute Gasteiger partial charge is 0.494 e. The van der Waals surface area contributed by atoms with E-state index in [2.05, 4.69) is 22.0 Å². The highest BCUT2D eigenvalue weighted by molar-refractivity contribution is 14.0. The Morgan fingerprint density at radius 1 is 1.13 bits per heavy atom. The summed E-state index contributed by atoms with van der Waals surface area (Å²) in [5, 5.41) is 12.9. The quantitative estimate of drug-likeness (QED) is 0.320. The first-order valence-corrected chi connectivity index (χ1v) is 10.4. The Morgan fingerprint density at radius 3 is 2.45 bits per heavy atom. The van der Waals surface area contributed by atoms with Crippen molar-refractivity contribution >= 4 is 29.9 Å². The number of aliphatic hydroxyl groups is 1. The number of nitrogens with one attached hydrogen (secondary N) is 1. The van der Waals surface area contributed by atoms with Crippen LogP contribution < -0.4 is 10.1 Å². The summed E-state index contributed by atoms with van der Waals surface area (Å²) in [7, 11) is 1.48. The normalized spacial score (nSPS) is 14.8. The second-order valence-corrected chi connectivity index (χ2v) is 7.33. The molecule has 1 aliphatic rings. The van der Waals surface area contributed by atoms with Gasteiger partial charge in [-0.05, 0) is 35.7 Å². The van der Waals surface area contributed by atoms with Crippen LogP contribution in [-0.4, -0.2) is 60.7 Å². The molecule has 0 unspecified atom stereocenters. The molecule has 31 heavy (non-hydrogen) atoms. The number of benzene rings is 2. The third kappa shape index (κ3) is 7.05. The van der Waals surface area contributed by atoms with E-state index in [1.807, 2.05) is 30.3 Å². The maximum absolute atomic E-state index is 13.9. The minimum atomic E-state index is -0.321. The van der Waals surface area contributed by atoms with Gasteiger partial charge in [0.2, 0.25) is 0 Å². The number of hydrogen-bond acceptors (Lipinski definition) is 4. The molecule has 8 heteroatoms. The molecule has 6 nitrogen and oxygen atoms in total. The molecule has 1 heterocycles. The first kappa shape index (κ1) is 25.4. The van der Waals surface area contributed by atoms with Gasteiger partial charge < -0.3 is 20.1 Å². The SMILES string of the molecule is CCNC(=NCc1ccccc1CO)N1CCN(Cc2ccc(OC)c(F)c2)CC1.I. The zero-order chi connectivity index (χ0) is 21.3. The van der Waals surface area contributed by atoms with Gasteiger partial charge in [-0.3, -0.25) is 4.90 Å². The van der Waals surface area contributed by atoms with Crippen LogP contribution in [0.5, 0.6) is 5.75 Å². The summed E-state index contributed by atoms with van der Waals surface area (Å²) in [5.41, 5.74) is 2.90. The van der Waals surface area contributed by atoms with Crippen molar-refractivity contribution in [1.29, 1.82) is 0 Å². The molecule has 0 bridgehead atoms. The van der Waals surface area contributed by atoms with Crippen LogP contribution >= 0.6 is 24.0 Å². The molecule has 170 valence electrons. The molecule has 2 N–H and O–H groups in total. The molecule has 2 aromatic rings. The summed E-state index contributed by atoms with van der Waals surface area (Å²) in [6, 6.07) is 13.0. The smallest absolute Gasteiger partial charge is 0.194 e. The molecule has 0 aromatic heterocycles. The molecule has 0 amide bonds. The lowest BCUT2D eigenvalue weighted by Gasteiger charge is -2.36. The van der Waals surface area contributed by atoms with Crippen LogP contribution in [0.3, 0.4) is 0 Å². The Balaban J connectivity index is 0.00000341. The van der Waals surface area contributed by atoms with Crippen molar-refractivity contribution in [3.63, 3.8) is 0 Å². The van der Waals surface area contributed by atoms with Crippen LogP contribution in [0, 0.1) is 5.82 Å². The standard InChI is InChI=1S/C23H31FN4O2.HI/c1-3-25-23(26-15-19-6-4-5-7-20(19)17-29)28-12-10-27(11-13-28)16-18-8-9-22(30-2)21(24)14-18;/h4-9,14,29H,3,10-13,15-17H2,1-2H3,(H,25,26);1H. The maximum atomic E-state index is 13.9. The molecule has 3 rings (SSSR count). The van der Waals surface area contributed by atoms with E-state index in [1.165, 1.54) is 7.11 Å².